The first-order chi connectivity index (χ1) is 17.8. The van der Waals surface area contributed by atoms with Crippen LogP contribution in [-0.4, -0.2) is 34.3 Å². The number of imide groups is 1. The molecule has 2 aliphatic heterocycles. The molecule has 2 unspecified atom stereocenters. The number of carbonyl (C=O) groups excluding carboxylic acids is 2. The van der Waals surface area contributed by atoms with Crippen LogP contribution in [0.15, 0.2) is 48.5 Å². The van der Waals surface area contributed by atoms with Crippen LogP contribution < -0.4 is 10.6 Å². The van der Waals surface area contributed by atoms with Crippen molar-refractivity contribution < 1.29 is 9.59 Å². The molecule has 0 spiro atoms. The number of hydrogen-bond acceptors (Lipinski definition) is 4. The summed E-state index contributed by atoms with van der Waals surface area (Å²) < 4.78 is 0. The largest absolute Gasteiger partial charge is 0.380 e. The van der Waals surface area contributed by atoms with E-state index in [0.717, 1.165) is 48.2 Å². The molecule has 4 rings (SSSR count). The molecular formula is C33H47N3O2. The van der Waals surface area contributed by atoms with Crippen LogP contribution in [0.25, 0.3) is 0 Å². The maximum atomic E-state index is 14.8. The van der Waals surface area contributed by atoms with Gasteiger partial charge in [0.15, 0.2) is 0 Å². The highest BCUT2D eigenvalue weighted by Crippen LogP contribution is 2.47. The number of amides is 2. The molecule has 38 heavy (non-hydrogen) atoms. The van der Waals surface area contributed by atoms with Gasteiger partial charge in [0, 0.05) is 29.0 Å². The summed E-state index contributed by atoms with van der Waals surface area (Å²) in [5, 5.41) is 7.22. The number of carbonyl (C=O) groups is 2. The third-order valence-electron chi connectivity index (χ3n) is 8.50. The number of nitrogens with zero attached hydrogens (tertiary/aromatic N) is 1. The lowest BCUT2D eigenvalue weighted by Crippen LogP contribution is -2.59. The standard InChI is InChI=1S/C33H47N3O2/c1-8-9-10-11-16-21-36(28(37)32(6)22-30(2,3)34-26-19-14-12-17-24(26)32)29(38)33(7)23-31(4,5)35-27-20-15-13-18-25(27)33/h12-15,17-20,34-35H,8-11,16,21-23H2,1-7H3. The summed E-state index contributed by atoms with van der Waals surface area (Å²) in [6.45, 7) is 15.3. The van der Waals surface area contributed by atoms with Crippen molar-refractivity contribution in [2.24, 2.45) is 0 Å². The van der Waals surface area contributed by atoms with Crippen LogP contribution in [-0.2, 0) is 20.4 Å². The molecule has 5 heteroatoms. The van der Waals surface area contributed by atoms with Gasteiger partial charge in [0.05, 0.1) is 10.8 Å². The predicted molar refractivity (Wildman–Crippen MR) is 158 cm³/mol. The number of rotatable bonds is 8. The normalized spacial score (nSPS) is 24.8. The van der Waals surface area contributed by atoms with E-state index in [1.165, 1.54) is 6.42 Å². The summed E-state index contributed by atoms with van der Waals surface area (Å²) in [6, 6.07) is 16.2. The van der Waals surface area contributed by atoms with Gasteiger partial charge in [0.25, 0.3) is 0 Å². The van der Waals surface area contributed by atoms with Gasteiger partial charge in [-0.1, -0.05) is 69.0 Å². The number of nitrogens with one attached hydrogen (secondary N) is 2. The van der Waals surface area contributed by atoms with Crippen molar-refractivity contribution in [3.8, 4) is 0 Å². The summed E-state index contributed by atoms with van der Waals surface area (Å²) >= 11 is 0. The summed E-state index contributed by atoms with van der Waals surface area (Å²) in [4.78, 5) is 31.1. The van der Waals surface area contributed by atoms with Crippen LogP contribution in [0.1, 0.15) is 105 Å². The van der Waals surface area contributed by atoms with Crippen molar-refractivity contribution in [1.82, 2.24) is 4.90 Å². The molecule has 2 N–H and O–H groups in total. The second-order valence-corrected chi connectivity index (χ2v) is 13.3. The van der Waals surface area contributed by atoms with Crippen LogP contribution in [0.2, 0.25) is 0 Å². The Kier molecular flexibility index (Phi) is 7.71. The third-order valence-corrected chi connectivity index (χ3v) is 8.50. The van der Waals surface area contributed by atoms with Gasteiger partial charge in [-0.3, -0.25) is 14.5 Å². The fourth-order valence-corrected chi connectivity index (χ4v) is 7.07. The SMILES string of the molecule is CCCCCCCN(C(=O)C1(C)CC(C)(C)Nc2ccccc21)C(=O)C1(C)CC(C)(C)Nc2ccccc21. The van der Waals surface area contributed by atoms with E-state index in [9.17, 15) is 9.59 Å². The minimum absolute atomic E-state index is 0.0740. The molecule has 2 aromatic rings. The average molecular weight is 518 g/mol. The van der Waals surface area contributed by atoms with E-state index < -0.39 is 10.8 Å². The Morgan fingerprint density at radius 3 is 1.55 bits per heavy atom. The molecule has 0 saturated heterocycles. The molecule has 2 heterocycles. The van der Waals surface area contributed by atoms with E-state index in [1.54, 1.807) is 4.90 Å². The van der Waals surface area contributed by atoms with Gasteiger partial charge in [-0.05, 0) is 84.1 Å². The van der Waals surface area contributed by atoms with Crippen molar-refractivity contribution in [2.75, 3.05) is 17.2 Å². The second kappa shape index (κ2) is 10.4. The Balaban J connectivity index is 1.76. The van der Waals surface area contributed by atoms with E-state index in [-0.39, 0.29) is 22.9 Å². The molecular weight excluding hydrogens is 470 g/mol. The molecule has 0 fully saturated rings. The van der Waals surface area contributed by atoms with Crippen molar-refractivity contribution >= 4 is 23.2 Å². The zero-order chi connectivity index (χ0) is 27.8. The third kappa shape index (κ3) is 5.34. The summed E-state index contributed by atoms with van der Waals surface area (Å²) in [5.41, 5.74) is 1.76. The fraction of sp³-hybridized carbons (Fsp3) is 0.576. The van der Waals surface area contributed by atoms with Crippen LogP contribution in [0.5, 0.6) is 0 Å². The van der Waals surface area contributed by atoms with Crippen molar-refractivity contribution in [3.63, 3.8) is 0 Å². The van der Waals surface area contributed by atoms with Crippen molar-refractivity contribution in [2.45, 2.75) is 115 Å². The maximum Gasteiger partial charge on any atom is 0.239 e. The number of anilines is 2. The van der Waals surface area contributed by atoms with Gasteiger partial charge in [-0.25, -0.2) is 0 Å². The van der Waals surface area contributed by atoms with Gasteiger partial charge in [0.2, 0.25) is 11.8 Å². The topological polar surface area (TPSA) is 61.4 Å². The first-order valence-electron chi connectivity index (χ1n) is 14.4. The van der Waals surface area contributed by atoms with Gasteiger partial charge >= 0.3 is 0 Å². The summed E-state index contributed by atoms with van der Waals surface area (Å²) in [7, 11) is 0. The molecule has 0 bridgehead atoms. The molecule has 206 valence electrons. The highest BCUT2D eigenvalue weighted by molar-refractivity contribution is 6.06. The lowest BCUT2D eigenvalue weighted by Gasteiger charge is -2.48. The summed E-state index contributed by atoms with van der Waals surface area (Å²) in [6.07, 6.45) is 6.56. The number of para-hydroxylation sites is 2. The van der Waals surface area contributed by atoms with Gasteiger partial charge in [-0.15, -0.1) is 0 Å². The van der Waals surface area contributed by atoms with Crippen molar-refractivity contribution in [3.05, 3.63) is 59.7 Å². The molecule has 2 atom stereocenters. The highest BCUT2D eigenvalue weighted by atomic mass is 16.2. The smallest absolute Gasteiger partial charge is 0.239 e. The van der Waals surface area contributed by atoms with Crippen molar-refractivity contribution in [1.29, 1.82) is 0 Å². The average Bonchev–Trinajstić information content (AvgIpc) is 2.84. The quantitative estimate of drug-likeness (QED) is 0.283. The van der Waals surface area contributed by atoms with Crippen LogP contribution in [0, 0.1) is 0 Å². The number of benzene rings is 2. The zero-order valence-corrected chi connectivity index (χ0v) is 24.5. The van der Waals surface area contributed by atoms with E-state index in [1.807, 2.05) is 62.4 Å². The molecule has 0 saturated carbocycles. The Labute approximate surface area is 229 Å². The molecule has 2 aliphatic rings. The second-order valence-electron chi connectivity index (χ2n) is 13.3. The number of fused-ring (bicyclic) bond motifs is 2. The Morgan fingerprint density at radius 2 is 1.11 bits per heavy atom. The first kappa shape index (κ1) is 28.2. The van der Waals surface area contributed by atoms with Gasteiger partial charge in [-0.2, -0.15) is 0 Å². The molecule has 0 aliphatic carbocycles. The monoisotopic (exact) mass is 517 g/mol. The summed E-state index contributed by atoms with van der Waals surface area (Å²) in [5.74, 6) is -0.148. The van der Waals surface area contributed by atoms with Crippen LogP contribution >= 0.6 is 0 Å². The maximum absolute atomic E-state index is 14.8. The predicted octanol–water partition coefficient (Wildman–Crippen LogP) is 7.42. The number of hydrogen-bond donors (Lipinski definition) is 2. The first-order valence-corrected chi connectivity index (χ1v) is 14.4. The van der Waals surface area contributed by atoms with Gasteiger partial charge < -0.3 is 10.6 Å². The van der Waals surface area contributed by atoms with E-state index in [2.05, 4.69) is 45.3 Å². The number of unbranched alkanes of at least 4 members (excludes halogenated alkanes) is 4. The molecule has 2 amide bonds. The van der Waals surface area contributed by atoms with E-state index in [0.29, 0.717) is 19.4 Å². The van der Waals surface area contributed by atoms with E-state index >= 15 is 0 Å². The fourth-order valence-electron chi connectivity index (χ4n) is 7.07. The lowest BCUT2D eigenvalue weighted by molar-refractivity contribution is -0.153. The van der Waals surface area contributed by atoms with Gasteiger partial charge in [0.1, 0.15) is 0 Å². The minimum atomic E-state index is -0.803. The Morgan fingerprint density at radius 1 is 0.684 bits per heavy atom. The minimum Gasteiger partial charge on any atom is -0.380 e. The molecule has 0 radical (unpaired) electrons. The highest BCUT2D eigenvalue weighted by Gasteiger charge is 2.52. The van der Waals surface area contributed by atoms with Crippen LogP contribution in [0.3, 0.4) is 0 Å². The lowest BCUT2D eigenvalue weighted by atomic mass is 9.67. The Bertz CT molecular complexity index is 1100. The van der Waals surface area contributed by atoms with E-state index in [4.69, 9.17) is 0 Å². The Hall–Kier alpha value is -2.82. The zero-order valence-electron chi connectivity index (χ0n) is 24.5. The molecule has 5 nitrogen and oxygen atoms in total. The molecule has 0 aromatic heterocycles. The molecule has 2 aromatic carbocycles. The van der Waals surface area contributed by atoms with Crippen LogP contribution in [0.4, 0.5) is 11.4 Å².